The third-order valence-corrected chi connectivity index (χ3v) is 9.93. The van der Waals surface area contributed by atoms with Crippen LogP contribution in [0.5, 0.6) is 0 Å². The van der Waals surface area contributed by atoms with Gasteiger partial charge in [-0.15, -0.1) is 0 Å². The number of benzene rings is 2. The topological polar surface area (TPSA) is 57.2 Å². The molecule has 240 valence electrons. The average Bonchev–Trinajstić information content (AvgIpc) is 2.97. The van der Waals surface area contributed by atoms with Crippen molar-refractivity contribution in [2.75, 3.05) is 0 Å². The Morgan fingerprint density at radius 2 is 0.860 bits per heavy atom. The van der Waals surface area contributed by atoms with E-state index in [4.69, 9.17) is 0 Å². The van der Waals surface area contributed by atoms with Crippen molar-refractivity contribution in [2.24, 2.45) is 0 Å². The molecule has 0 spiro atoms. The van der Waals surface area contributed by atoms with Gasteiger partial charge in [-0.25, -0.2) is 8.42 Å². The fourth-order valence-corrected chi connectivity index (χ4v) is 7.18. The molecule has 0 saturated carbocycles. The van der Waals surface area contributed by atoms with Gasteiger partial charge in [0, 0.05) is 5.39 Å². The Balaban J connectivity index is 0.00000924. The van der Waals surface area contributed by atoms with Gasteiger partial charge in [0.15, 0.2) is 0 Å². The number of hydrogen-bond acceptors (Lipinski definition) is 3. The van der Waals surface area contributed by atoms with E-state index in [9.17, 15) is 13.0 Å². The van der Waals surface area contributed by atoms with E-state index in [1.54, 1.807) is 6.07 Å². The third-order valence-electron chi connectivity index (χ3n) is 9.05. The van der Waals surface area contributed by atoms with Crippen LogP contribution < -0.4 is 29.6 Å². The number of hydrogen-bond donors (Lipinski definition) is 0. The predicted molar refractivity (Wildman–Crippen MR) is 181 cm³/mol. The van der Waals surface area contributed by atoms with Crippen LogP contribution in [-0.2, 0) is 23.0 Å². The van der Waals surface area contributed by atoms with E-state index >= 15 is 0 Å². The second-order valence-electron chi connectivity index (χ2n) is 12.8. The first-order chi connectivity index (χ1) is 20.5. The molecule has 2 rings (SSSR count). The number of rotatable bonds is 27. The largest absolute Gasteiger partial charge is 1.00 e. The van der Waals surface area contributed by atoms with Gasteiger partial charge >= 0.3 is 29.6 Å². The van der Waals surface area contributed by atoms with Crippen LogP contribution in [-0.4, -0.2) is 13.0 Å². The van der Waals surface area contributed by atoms with E-state index in [2.05, 4.69) is 13.8 Å². The zero-order valence-electron chi connectivity index (χ0n) is 28.4. The third kappa shape index (κ3) is 17.8. The molecule has 0 aliphatic heterocycles. The molecule has 0 atom stereocenters. The molecule has 0 aromatic heterocycles. The maximum Gasteiger partial charge on any atom is 1.00 e. The Kier molecular flexibility index (Phi) is 24.3. The summed E-state index contributed by atoms with van der Waals surface area (Å²) in [5.74, 6) is 0. The van der Waals surface area contributed by atoms with Crippen molar-refractivity contribution in [1.82, 2.24) is 0 Å². The first-order valence-corrected chi connectivity index (χ1v) is 19.4. The van der Waals surface area contributed by atoms with Crippen LogP contribution in [0.4, 0.5) is 0 Å². The quantitative estimate of drug-likeness (QED) is 0.0567. The second kappa shape index (κ2) is 25.8. The van der Waals surface area contributed by atoms with E-state index < -0.39 is 10.1 Å². The molecule has 0 unspecified atom stereocenters. The Labute approximate surface area is 288 Å². The normalized spacial score (nSPS) is 11.7. The van der Waals surface area contributed by atoms with Crippen molar-refractivity contribution >= 4 is 20.9 Å². The summed E-state index contributed by atoms with van der Waals surface area (Å²) in [7, 11) is -4.52. The van der Waals surface area contributed by atoms with Crippen LogP contribution in [0.3, 0.4) is 0 Å². The number of unbranched alkanes of at least 4 members (excludes halogenated alkanes) is 22. The summed E-state index contributed by atoms with van der Waals surface area (Å²) in [6.07, 6.45) is 33.2. The standard InChI is InChI=1S/C38H64O3S.Na/c1-3-5-7-9-11-13-15-17-19-21-23-25-28-34-32-33-37(42(39,40)41)38-35(30-27-31-36(34)38)29-26-24-22-20-18-16-14-12-10-8-6-4-2;/h27,30-33H,3-26,28-29H2,1-2H3,(H,39,40,41);/q;+1/p-1. The van der Waals surface area contributed by atoms with Crippen molar-refractivity contribution < 1.29 is 42.5 Å². The van der Waals surface area contributed by atoms with Gasteiger partial charge in [0.2, 0.25) is 0 Å². The van der Waals surface area contributed by atoms with Gasteiger partial charge in [0.25, 0.3) is 0 Å². The molecule has 0 radical (unpaired) electrons. The van der Waals surface area contributed by atoms with Crippen LogP contribution in [0, 0.1) is 0 Å². The summed E-state index contributed by atoms with van der Waals surface area (Å²) in [6, 6.07) is 9.56. The van der Waals surface area contributed by atoms with E-state index in [0.29, 0.717) is 5.39 Å². The van der Waals surface area contributed by atoms with Gasteiger partial charge < -0.3 is 4.55 Å². The van der Waals surface area contributed by atoms with Crippen LogP contribution in [0.25, 0.3) is 10.8 Å². The van der Waals surface area contributed by atoms with Crippen LogP contribution in [0.2, 0.25) is 0 Å². The van der Waals surface area contributed by atoms with Gasteiger partial charge in [-0.05, 0) is 48.3 Å². The van der Waals surface area contributed by atoms with Gasteiger partial charge in [0.05, 0.1) is 4.90 Å². The maximum atomic E-state index is 12.2. The molecule has 43 heavy (non-hydrogen) atoms. The van der Waals surface area contributed by atoms with Crippen molar-refractivity contribution in [3.63, 3.8) is 0 Å². The van der Waals surface area contributed by atoms with Gasteiger partial charge in [-0.3, -0.25) is 0 Å². The monoisotopic (exact) mass is 622 g/mol. The Bertz CT molecular complexity index is 1070. The maximum absolute atomic E-state index is 12.2. The molecule has 0 aliphatic rings. The Morgan fingerprint density at radius 1 is 0.488 bits per heavy atom. The molecule has 3 nitrogen and oxygen atoms in total. The van der Waals surface area contributed by atoms with Crippen molar-refractivity contribution in [2.45, 2.75) is 186 Å². The SMILES string of the molecule is CCCCCCCCCCCCCCc1ccc(S(=O)(=O)[O-])c2c(CCCCCCCCCCCCCC)cccc12.[Na+]. The van der Waals surface area contributed by atoms with Crippen molar-refractivity contribution in [1.29, 1.82) is 0 Å². The molecular weight excluding hydrogens is 559 g/mol. The number of fused-ring (bicyclic) bond motifs is 1. The van der Waals surface area contributed by atoms with Crippen LogP contribution in [0.1, 0.15) is 179 Å². The summed E-state index contributed by atoms with van der Waals surface area (Å²) in [5, 5.41) is 1.65. The van der Waals surface area contributed by atoms with E-state index in [1.165, 1.54) is 140 Å². The van der Waals surface area contributed by atoms with Crippen LogP contribution >= 0.6 is 0 Å². The molecule has 2 aromatic rings. The summed E-state index contributed by atoms with van der Waals surface area (Å²) in [5.41, 5.74) is 2.20. The second-order valence-corrected chi connectivity index (χ2v) is 14.1. The summed E-state index contributed by atoms with van der Waals surface area (Å²) in [4.78, 5) is -0.0366. The van der Waals surface area contributed by atoms with Crippen molar-refractivity contribution in [3.05, 3.63) is 41.5 Å². The van der Waals surface area contributed by atoms with Crippen molar-refractivity contribution in [3.8, 4) is 0 Å². The Morgan fingerprint density at radius 3 is 1.26 bits per heavy atom. The first kappa shape index (κ1) is 40.6. The molecule has 0 saturated heterocycles. The fourth-order valence-electron chi connectivity index (χ4n) is 6.46. The molecule has 0 N–H and O–H groups in total. The predicted octanol–water partition coefficient (Wildman–Crippen LogP) is 9.24. The minimum Gasteiger partial charge on any atom is -0.744 e. The fraction of sp³-hybridized carbons (Fsp3) is 0.737. The molecule has 0 heterocycles. The summed E-state index contributed by atoms with van der Waals surface area (Å²) < 4.78 is 36.6. The molecule has 5 heteroatoms. The average molecular weight is 623 g/mol. The summed E-state index contributed by atoms with van der Waals surface area (Å²) >= 11 is 0. The minimum atomic E-state index is -4.52. The zero-order valence-corrected chi connectivity index (χ0v) is 31.2. The first-order valence-electron chi connectivity index (χ1n) is 18.0. The van der Waals surface area contributed by atoms with Crippen LogP contribution in [0.15, 0.2) is 35.2 Å². The van der Waals surface area contributed by atoms with Gasteiger partial charge in [-0.1, -0.05) is 179 Å². The minimum absolute atomic E-state index is 0. The smallest absolute Gasteiger partial charge is 0.744 e. The molecule has 2 aromatic carbocycles. The Hall–Kier alpha value is -0.390. The molecule has 0 fully saturated rings. The van der Waals surface area contributed by atoms with E-state index in [-0.39, 0.29) is 34.5 Å². The zero-order chi connectivity index (χ0) is 30.3. The molecule has 0 aliphatic carbocycles. The van der Waals surface area contributed by atoms with E-state index in [1.807, 2.05) is 24.3 Å². The van der Waals surface area contributed by atoms with Gasteiger partial charge in [-0.2, -0.15) is 0 Å². The summed E-state index contributed by atoms with van der Waals surface area (Å²) in [6.45, 7) is 4.54. The number of aryl methyl sites for hydroxylation is 2. The molecule has 0 amide bonds. The van der Waals surface area contributed by atoms with Gasteiger partial charge in [0.1, 0.15) is 10.1 Å². The molecular formula is C38H63NaO3S. The van der Waals surface area contributed by atoms with E-state index in [0.717, 1.165) is 43.1 Å². The molecule has 0 bridgehead atoms.